The fraction of sp³-hybridized carbons (Fsp3) is 0.455. The number of benzene rings is 1. The van der Waals surface area contributed by atoms with Gasteiger partial charge < -0.3 is 10.4 Å². The lowest BCUT2D eigenvalue weighted by molar-refractivity contribution is 0.173. The van der Waals surface area contributed by atoms with Crippen LogP contribution < -0.4 is 5.32 Å². The molecule has 1 unspecified atom stereocenters. The van der Waals surface area contributed by atoms with Crippen molar-refractivity contribution in [3.05, 3.63) is 35.4 Å². The summed E-state index contributed by atoms with van der Waals surface area (Å²) in [7, 11) is 0. The van der Waals surface area contributed by atoms with Crippen molar-refractivity contribution >= 4 is 0 Å². The van der Waals surface area contributed by atoms with Gasteiger partial charge in [0.05, 0.1) is 6.10 Å². The fourth-order valence-electron chi connectivity index (χ4n) is 1.40. The molecule has 2 nitrogen and oxygen atoms in total. The number of nitrogens with one attached hydrogen (secondary N) is 1. The first-order valence-electron chi connectivity index (χ1n) is 5.03. The minimum Gasteiger partial charge on any atom is -0.387 e. The molecule has 1 saturated carbocycles. The van der Waals surface area contributed by atoms with Gasteiger partial charge >= 0.3 is 0 Å². The molecule has 1 aliphatic rings. The van der Waals surface area contributed by atoms with Crippen LogP contribution in [0.25, 0.3) is 0 Å². The first kappa shape index (κ1) is 10.5. The summed E-state index contributed by atoms with van der Waals surface area (Å²) < 4.78 is 25.5. The molecule has 0 aliphatic heterocycles. The van der Waals surface area contributed by atoms with Gasteiger partial charge in [-0.2, -0.15) is 0 Å². The van der Waals surface area contributed by atoms with E-state index in [1.54, 1.807) is 0 Å². The number of hydrogen-bond acceptors (Lipinski definition) is 2. The Morgan fingerprint density at radius 3 is 2.67 bits per heavy atom. The first-order valence-corrected chi connectivity index (χ1v) is 5.03. The molecule has 1 fully saturated rings. The molecule has 0 amide bonds. The second kappa shape index (κ2) is 4.24. The molecule has 0 aromatic heterocycles. The van der Waals surface area contributed by atoms with E-state index in [0.717, 1.165) is 25.0 Å². The minimum absolute atomic E-state index is 0.385. The molecule has 4 heteroatoms. The molecule has 1 atom stereocenters. The van der Waals surface area contributed by atoms with E-state index in [4.69, 9.17) is 0 Å². The lowest BCUT2D eigenvalue weighted by Gasteiger charge is -2.11. The molecule has 0 saturated heterocycles. The van der Waals surface area contributed by atoms with Crippen LogP contribution in [0, 0.1) is 11.6 Å². The van der Waals surface area contributed by atoms with E-state index in [-0.39, 0.29) is 0 Å². The van der Waals surface area contributed by atoms with Crippen molar-refractivity contribution in [1.29, 1.82) is 0 Å². The molecule has 1 aliphatic carbocycles. The second-order valence-electron chi connectivity index (χ2n) is 3.87. The highest BCUT2D eigenvalue weighted by Crippen LogP contribution is 2.21. The van der Waals surface area contributed by atoms with Gasteiger partial charge in [-0.25, -0.2) is 8.78 Å². The van der Waals surface area contributed by atoms with Gasteiger partial charge in [-0.1, -0.05) is 6.07 Å². The smallest absolute Gasteiger partial charge is 0.159 e. The van der Waals surface area contributed by atoms with Crippen molar-refractivity contribution in [2.45, 2.75) is 25.0 Å². The van der Waals surface area contributed by atoms with Gasteiger partial charge in [0.15, 0.2) is 11.6 Å². The molecular weight excluding hydrogens is 200 g/mol. The molecule has 0 bridgehead atoms. The summed E-state index contributed by atoms with van der Waals surface area (Å²) >= 11 is 0. The van der Waals surface area contributed by atoms with Crippen LogP contribution in [0.2, 0.25) is 0 Å². The Hall–Kier alpha value is -1.00. The topological polar surface area (TPSA) is 32.3 Å². The molecule has 2 N–H and O–H groups in total. The maximum Gasteiger partial charge on any atom is 0.159 e. The molecular formula is C11H13F2NO. The summed E-state index contributed by atoms with van der Waals surface area (Å²) in [6, 6.07) is 3.96. The van der Waals surface area contributed by atoms with Crippen molar-refractivity contribution in [2.24, 2.45) is 0 Å². The third-order valence-electron chi connectivity index (χ3n) is 2.51. The molecule has 0 heterocycles. The van der Waals surface area contributed by atoms with Crippen LogP contribution in [0.15, 0.2) is 18.2 Å². The summed E-state index contributed by atoms with van der Waals surface area (Å²) in [5.41, 5.74) is 0.405. The van der Waals surface area contributed by atoms with Gasteiger partial charge in [0.25, 0.3) is 0 Å². The van der Waals surface area contributed by atoms with Crippen LogP contribution in [-0.2, 0) is 0 Å². The normalized spacial score (nSPS) is 17.8. The SMILES string of the molecule is OC(CNC1CC1)c1ccc(F)c(F)c1. The lowest BCUT2D eigenvalue weighted by atomic mass is 10.1. The highest BCUT2D eigenvalue weighted by Gasteiger charge is 2.21. The Morgan fingerprint density at radius 2 is 2.07 bits per heavy atom. The number of rotatable bonds is 4. The highest BCUT2D eigenvalue weighted by molar-refractivity contribution is 5.20. The Morgan fingerprint density at radius 1 is 1.33 bits per heavy atom. The highest BCUT2D eigenvalue weighted by atomic mass is 19.2. The summed E-state index contributed by atoms with van der Waals surface area (Å²) in [5.74, 6) is -1.81. The predicted molar refractivity (Wildman–Crippen MR) is 52.3 cm³/mol. The quantitative estimate of drug-likeness (QED) is 0.798. The minimum atomic E-state index is -0.919. The van der Waals surface area contributed by atoms with Crippen LogP contribution in [0.1, 0.15) is 24.5 Å². The van der Waals surface area contributed by atoms with Crippen LogP contribution >= 0.6 is 0 Å². The Balaban J connectivity index is 1.97. The number of halogens is 2. The maximum absolute atomic E-state index is 12.8. The number of aliphatic hydroxyl groups excluding tert-OH is 1. The predicted octanol–water partition coefficient (Wildman–Crippen LogP) is 1.75. The molecule has 1 aromatic rings. The van der Waals surface area contributed by atoms with Gasteiger partial charge in [0.2, 0.25) is 0 Å². The summed E-state index contributed by atoms with van der Waals surface area (Å²) in [4.78, 5) is 0. The van der Waals surface area contributed by atoms with Crippen molar-refractivity contribution in [1.82, 2.24) is 5.32 Å². The van der Waals surface area contributed by atoms with Crippen LogP contribution in [-0.4, -0.2) is 17.7 Å². The summed E-state index contributed by atoms with van der Waals surface area (Å²) in [5, 5.41) is 12.8. The van der Waals surface area contributed by atoms with E-state index in [9.17, 15) is 13.9 Å². The van der Waals surface area contributed by atoms with E-state index >= 15 is 0 Å². The van der Waals surface area contributed by atoms with E-state index in [1.165, 1.54) is 6.07 Å². The van der Waals surface area contributed by atoms with Gasteiger partial charge in [-0.05, 0) is 30.5 Å². The van der Waals surface area contributed by atoms with Crippen LogP contribution in [0.3, 0.4) is 0 Å². The fourth-order valence-corrected chi connectivity index (χ4v) is 1.40. The average molecular weight is 213 g/mol. The van der Waals surface area contributed by atoms with E-state index in [2.05, 4.69) is 5.32 Å². The van der Waals surface area contributed by atoms with Crippen molar-refractivity contribution < 1.29 is 13.9 Å². The second-order valence-corrected chi connectivity index (χ2v) is 3.87. The number of aliphatic hydroxyl groups is 1. The van der Waals surface area contributed by atoms with Crippen LogP contribution in [0.5, 0.6) is 0 Å². The monoisotopic (exact) mass is 213 g/mol. The lowest BCUT2D eigenvalue weighted by Crippen LogP contribution is -2.23. The molecule has 2 rings (SSSR count). The van der Waals surface area contributed by atoms with E-state index in [1.807, 2.05) is 0 Å². The molecule has 82 valence electrons. The molecule has 0 spiro atoms. The Bertz CT molecular complexity index is 352. The number of hydrogen-bond donors (Lipinski definition) is 2. The van der Waals surface area contributed by atoms with Gasteiger partial charge in [-0.3, -0.25) is 0 Å². The van der Waals surface area contributed by atoms with Gasteiger partial charge in [-0.15, -0.1) is 0 Å². The van der Waals surface area contributed by atoms with E-state index < -0.39 is 17.7 Å². The van der Waals surface area contributed by atoms with Crippen molar-refractivity contribution in [2.75, 3.05) is 6.54 Å². The molecule has 15 heavy (non-hydrogen) atoms. The summed E-state index contributed by atoms with van der Waals surface area (Å²) in [6.07, 6.45) is 1.48. The average Bonchev–Trinajstić information content (AvgIpc) is 3.02. The van der Waals surface area contributed by atoms with Crippen LogP contribution in [0.4, 0.5) is 8.78 Å². The Labute approximate surface area is 86.9 Å². The van der Waals surface area contributed by atoms with Crippen molar-refractivity contribution in [3.8, 4) is 0 Å². The Kier molecular flexibility index (Phi) is 2.98. The third-order valence-corrected chi connectivity index (χ3v) is 2.51. The van der Waals surface area contributed by atoms with Gasteiger partial charge in [0, 0.05) is 12.6 Å². The summed E-state index contributed by atoms with van der Waals surface area (Å²) in [6.45, 7) is 0.385. The standard InChI is InChI=1S/C11H13F2NO/c12-9-4-1-7(5-10(9)13)11(15)6-14-8-2-3-8/h1,4-5,8,11,14-15H,2-3,6H2. The zero-order valence-electron chi connectivity index (χ0n) is 8.21. The zero-order chi connectivity index (χ0) is 10.8. The largest absolute Gasteiger partial charge is 0.387 e. The molecule has 1 aromatic carbocycles. The molecule has 0 radical (unpaired) electrons. The third kappa shape index (κ3) is 2.73. The maximum atomic E-state index is 12.8. The van der Waals surface area contributed by atoms with E-state index in [0.29, 0.717) is 18.2 Å². The van der Waals surface area contributed by atoms with Gasteiger partial charge in [0.1, 0.15) is 0 Å². The van der Waals surface area contributed by atoms with Crippen molar-refractivity contribution in [3.63, 3.8) is 0 Å². The first-order chi connectivity index (χ1) is 7.16. The zero-order valence-corrected chi connectivity index (χ0v) is 8.21.